The van der Waals surface area contributed by atoms with Gasteiger partial charge in [-0.2, -0.15) is 0 Å². The van der Waals surface area contributed by atoms with Gasteiger partial charge in [-0.15, -0.1) is 0 Å². The van der Waals surface area contributed by atoms with Crippen molar-refractivity contribution in [3.05, 3.63) is 0 Å². The minimum Gasteiger partial charge on any atom is -0.390 e. The smallest absolute Gasteiger partial charge is 0.0905 e. The Morgan fingerprint density at radius 2 is 2.17 bits per heavy atom. The summed E-state index contributed by atoms with van der Waals surface area (Å²) in [4.78, 5) is 0. The van der Waals surface area contributed by atoms with Gasteiger partial charge in [0.2, 0.25) is 0 Å². The molecule has 0 unspecified atom stereocenters. The Bertz CT molecular complexity index is 136. The van der Waals surface area contributed by atoms with Gasteiger partial charge in [0.1, 0.15) is 0 Å². The summed E-state index contributed by atoms with van der Waals surface area (Å²) in [5.41, 5.74) is -0.756. The van der Waals surface area contributed by atoms with E-state index in [1.807, 2.05) is 0 Å². The van der Waals surface area contributed by atoms with E-state index in [0.29, 0.717) is 0 Å². The summed E-state index contributed by atoms with van der Waals surface area (Å²) in [6.07, 6.45) is 6.10. The van der Waals surface area contributed by atoms with Gasteiger partial charge >= 0.3 is 0 Å². The summed E-state index contributed by atoms with van der Waals surface area (Å²) in [6, 6.07) is 0. The molecule has 0 spiro atoms. The highest BCUT2D eigenvalue weighted by atomic mass is 16.3. The zero-order chi connectivity index (χ0) is 9.03. The van der Waals surface area contributed by atoms with E-state index in [-0.39, 0.29) is 0 Å². The van der Waals surface area contributed by atoms with E-state index in [1.165, 1.54) is 0 Å². The van der Waals surface area contributed by atoms with Crippen molar-refractivity contribution in [2.24, 2.45) is 0 Å². The van der Waals surface area contributed by atoms with Crippen molar-refractivity contribution in [3.63, 3.8) is 0 Å². The number of aliphatic hydroxyl groups excluding tert-OH is 1. The fourth-order valence-corrected chi connectivity index (χ4v) is 1.98. The number of aliphatic hydroxyl groups is 2. The third-order valence-corrected chi connectivity index (χ3v) is 2.92. The van der Waals surface area contributed by atoms with Gasteiger partial charge in [-0.3, -0.25) is 0 Å². The molecule has 0 aromatic rings. The van der Waals surface area contributed by atoms with Gasteiger partial charge in [0.05, 0.1) is 11.7 Å². The number of hydrogen-bond donors (Lipinski definition) is 2. The first-order valence-electron chi connectivity index (χ1n) is 5.09. The third-order valence-electron chi connectivity index (χ3n) is 2.92. The molecule has 2 nitrogen and oxygen atoms in total. The Kier molecular flexibility index (Phi) is 3.53. The van der Waals surface area contributed by atoms with Crippen molar-refractivity contribution in [1.82, 2.24) is 0 Å². The molecule has 0 aromatic carbocycles. The molecule has 0 heterocycles. The molecule has 0 radical (unpaired) electrons. The van der Waals surface area contributed by atoms with E-state index < -0.39 is 11.7 Å². The maximum absolute atomic E-state index is 10.0. The average Bonchev–Trinajstić information content (AvgIpc) is 2.07. The van der Waals surface area contributed by atoms with Crippen LogP contribution in [0.3, 0.4) is 0 Å². The summed E-state index contributed by atoms with van der Waals surface area (Å²) in [5, 5.41) is 19.6. The topological polar surface area (TPSA) is 40.5 Å². The van der Waals surface area contributed by atoms with Crippen molar-refractivity contribution in [2.75, 3.05) is 0 Å². The van der Waals surface area contributed by atoms with Crippen molar-refractivity contribution in [1.29, 1.82) is 0 Å². The van der Waals surface area contributed by atoms with Gasteiger partial charge in [0.25, 0.3) is 0 Å². The Morgan fingerprint density at radius 1 is 1.42 bits per heavy atom. The van der Waals surface area contributed by atoms with Crippen LogP contribution in [0.4, 0.5) is 0 Å². The molecule has 2 N–H and O–H groups in total. The number of unbranched alkanes of at least 4 members (excludes halogenated alkanes) is 1. The number of rotatable bonds is 3. The van der Waals surface area contributed by atoms with Crippen molar-refractivity contribution >= 4 is 0 Å². The molecule has 0 aliphatic heterocycles. The standard InChI is InChI=1S/C10H20O2/c1-2-3-7-10(12)8-5-4-6-9(10)11/h9,11-12H,2-8H2,1H3/t9-,10+/m1/s1. The van der Waals surface area contributed by atoms with Crippen molar-refractivity contribution < 1.29 is 10.2 Å². The molecule has 1 aliphatic carbocycles. The zero-order valence-corrected chi connectivity index (χ0v) is 7.92. The van der Waals surface area contributed by atoms with Gasteiger partial charge < -0.3 is 10.2 Å². The average molecular weight is 172 g/mol. The lowest BCUT2D eigenvalue weighted by Crippen LogP contribution is -2.44. The molecule has 0 aromatic heterocycles. The molecule has 0 bridgehead atoms. The van der Waals surface area contributed by atoms with E-state index in [0.717, 1.165) is 44.9 Å². The second-order valence-electron chi connectivity index (χ2n) is 3.97. The summed E-state index contributed by atoms with van der Waals surface area (Å²) in [5.74, 6) is 0. The van der Waals surface area contributed by atoms with Crippen LogP contribution in [0.25, 0.3) is 0 Å². The number of hydrogen-bond acceptors (Lipinski definition) is 2. The predicted octanol–water partition coefficient (Wildman–Crippen LogP) is 1.84. The Hall–Kier alpha value is -0.0800. The fourth-order valence-electron chi connectivity index (χ4n) is 1.98. The first-order valence-corrected chi connectivity index (χ1v) is 5.09. The molecule has 0 amide bonds. The molecule has 72 valence electrons. The molecule has 2 atom stereocenters. The van der Waals surface area contributed by atoms with E-state index >= 15 is 0 Å². The molecule has 1 fully saturated rings. The highest BCUT2D eigenvalue weighted by Gasteiger charge is 2.36. The predicted molar refractivity (Wildman–Crippen MR) is 48.9 cm³/mol. The zero-order valence-electron chi connectivity index (χ0n) is 7.92. The normalized spacial score (nSPS) is 36.8. The van der Waals surface area contributed by atoms with Gasteiger partial charge in [-0.05, 0) is 19.3 Å². The maximum atomic E-state index is 10.0. The lowest BCUT2D eigenvalue weighted by molar-refractivity contribution is -0.105. The minimum absolute atomic E-state index is 0.474. The second kappa shape index (κ2) is 4.24. The molecule has 1 saturated carbocycles. The first-order chi connectivity index (χ1) is 5.69. The second-order valence-corrected chi connectivity index (χ2v) is 3.97. The van der Waals surface area contributed by atoms with Gasteiger partial charge in [-0.25, -0.2) is 0 Å². The Morgan fingerprint density at radius 3 is 2.75 bits per heavy atom. The van der Waals surface area contributed by atoms with Crippen molar-refractivity contribution in [3.8, 4) is 0 Å². The van der Waals surface area contributed by atoms with Crippen LogP contribution in [-0.2, 0) is 0 Å². The summed E-state index contributed by atoms with van der Waals surface area (Å²) < 4.78 is 0. The Labute approximate surface area is 74.6 Å². The van der Waals surface area contributed by atoms with Crippen molar-refractivity contribution in [2.45, 2.75) is 63.6 Å². The molecule has 0 saturated heterocycles. The molecule has 1 rings (SSSR count). The van der Waals surface area contributed by atoms with Gasteiger partial charge in [0.15, 0.2) is 0 Å². The van der Waals surface area contributed by atoms with Crippen LogP contribution in [0.15, 0.2) is 0 Å². The van der Waals surface area contributed by atoms with Crippen LogP contribution in [0.5, 0.6) is 0 Å². The molecular formula is C10H20O2. The van der Waals surface area contributed by atoms with Crippen LogP contribution >= 0.6 is 0 Å². The maximum Gasteiger partial charge on any atom is 0.0905 e. The lowest BCUT2D eigenvalue weighted by Gasteiger charge is -2.36. The lowest BCUT2D eigenvalue weighted by atomic mass is 9.79. The largest absolute Gasteiger partial charge is 0.390 e. The van der Waals surface area contributed by atoms with Gasteiger partial charge in [0, 0.05) is 0 Å². The quantitative estimate of drug-likeness (QED) is 0.682. The van der Waals surface area contributed by atoms with Crippen LogP contribution in [-0.4, -0.2) is 21.9 Å². The van der Waals surface area contributed by atoms with Crippen LogP contribution in [0.2, 0.25) is 0 Å². The molecule has 2 heteroatoms. The third kappa shape index (κ3) is 2.20. The van der Waals surface area contributed by atoms with E-state index in [4.69, 9.17) is 0 Å². The van der Waals surface area contributed by atoms with Crippen LogP contribution in [0, 0.1) is 0 Å². The highest BCUT2D eigenvalue weighted by Crippen LogP contribution is 2.32. The summed E-state index contributed by atoms with van der Waals surface area (Å²) in [7, 11) is 0. The molecular weight excluding hydrogens is 152 g/mol. The van der Waals surface area contributed by atoms with E-state index in [2.05, 4.69) is 6.92 Å². The van der Waals surface area contributed by atoms with E-state index in [9.17, 15) is 10.2 Å². The van der Waals surface area contributed by atoms with Gasteiger partial charge in [-0.1, -0.05) is 32.6 Å². The molecule has 12 heavy (non-hydrogen) atoms. The van der Waals surface area contributed by atoms with E-state index in [1.54, 1.807) is 0 Å². The minimum atomic E-state index is -0.756. The van der Waals surface area contributed by atoms with Crippen LogP contribution in [0.1, 0.15) is 51.9 Å². The first kappa shape index (κ1) is 10.0. The highest BCUT2D eigenvalue weighted by molar-refractivity contribution is 4.89. The van der Waals surface area contributed by atoms with Crippen LogP contribution < -0.4 is 0 Å². The summed E-state index contributed by atoms with van der Waals surface area (Å²) in [6.45, 7) is 2.11. The fraction of sp³-hybridized carbons (Fsp3) is 1.00. The molecule has 1 aliphatic rings. The summed E-state index contributed by atoms with van der Waals surface area (Å²) >= 11 is 0. The SMILES string of the molecule is CCCC[C@]1(O)CCCC[C@H]1O. The Balaban J connectivity index is 2.42. The monoisotopic (exact) mass is 172 g/mol.